The van der Waals surface area contributed by atoms with E-state index in [2.05, 4.69) is 25.8 Å². The van der Waals surface area contributed by atoms with Gasteiger partial charge in [0.25, 0.3) is 0 Å². The van der Waals surface area contributed by atoms with Gasteiger partial charge in [-0.1, -0.05) is 45.0 Å². The summed E-state index contributed by atoms with van der Waals surface area (Å²) in [6, 6.07) is 12.8. The van der Waals surface area contributed by atoms with Gasteiger partial charge in [0, 0.05) is 22.2 Å². The first-order valence-corrected chi connectivity index (χ1v) is 9.06. The van der Waals surface area contributed by atoms with Crippen molar-refractivity contribution in [2.24, 2.45) is 0 Å². The number of fused-ring (bicyclic) bond motifs is 1. The van der Waals surface area contributed by atoms with Crippen molar-refractivity contribution in [1.82, 2.24) is 4.98 Å². The van der Waals surface area contributed by atoms with Crippen LogP contribution >= 0.6 is 0 Å². The number of rotatable bonds is 4. The molecular formula is C23H25NO3. The smallest absolute Gasteiger partial charge is 0.338 e. The molecule has 0 aliphatic carbocycles. The number of H-pyrrole nitrogens is 1. The number of esters is 1. The van der Waals surface area contributed by atoms with Crippen LogP contribution in [0.1, 0.15) is 58.3 Å². The van der Waals surface area contributed by atoms with Crippen LogP contribution in [-0.4, -0.2) is 23.3 Å². The van der Waals surface area contributed by atoms with E-state index >= 15 is 0 Å². The van der Waals surface area contributed by atoms with Crippen LogP contribution in [0.4, 0.5) is 0 Å². The second-order valence-corrected chi connectivity index (χ2v) is 7.96. The van der Waals surface area contributed by atoms with Crippen LogP contribution < -0.4 is 0 Å². The number of hydrogen-bond donors (Lipinski definition) is 1. The average molecular weight is 363 g/mol. The zero-order valence-corrected chi connectivity index (χ0v) is 16.5. The molecule has 4 heteroatoms. The Morgan fingerprint density at radius 1 is 0.963 bits per heavy atom. The lowest BCUT2D eigenvalue weighted by Gasteiger charge is -2.18. The van der Waals surface area contributed by atoms with Crippen LogP contribution in [0.25, 0.3) is 10.9 Å². The molecule has 1 N–H and O–H groups in total. The summed E-state index contributed by atoms with van der Waals surface area (Å²) in [6.07, 6.45) is 0. The normalized spacial score (nSPS) is 11.6. The summed E-state index contributed by atoms with van der Waals surface area (Å²) in [5.41, 5.74) is 5.34. The largest absolute Gasteiger partial charge is 0.454 e. The van der Waals surface area contributed by atoms with E-state index in [-0.39, 0.29) is 17.8 Å². The highest BCUT2D eigenvalue weighted by molar-refractivity contribution is 6.00. The van der Waals surface area contributed by atoms with E-state index in [1.54, 1.807) is 24.3 Å². The Morgan fingerprint density at radius 2 is 1.59 bits per heavy atom. The van der Waals surface area contributed by atoms with Crippen molar-refractivity contribution in [3.05, 3.63) is 70.4 Å². The molecule has 27 heavy (non-hydrogen) atoms. The first kappa shape index (κ1) is 18.9. The molecule has 0 aliphatic rings. The molecule has 0 saturated heterocycles. The maximum Gasteiger partial charge on any atom is 0.338 e. The van der Waals surface area contributed by atoms with Gasteiger partial charge in [-0.2, -0.15) is 0 Å². The molecule has 0 radical (unpaired) electrons. The van der Waals surface area contributed by atoms with E-state index in [1.807, 2.05) is 32.0 Å². The predicted octanol–water partition coefficient (Wildman–Crippen LogP) is 5.12. The molecule has 0 saturated carbocycles. The van der Waals surface area contributed by atoms with E-state index in [9.17, 15) is 9.59 Å². The monoisotopic (exact) mass is 363 g/mol. The Kier molecular flexibility index (Phi) is 4.92. The molecular weight excluding hydrogens is 338 g/mol. The van der Waals surface area contributed by atoms with E-state index in [0.717, 1.165) is 27.7 Å². The van der Waals surface area contributed by atoms with Crippen LogP contribution in [0, 0.1) is 13.8 Å². The molecule has 2 aromatic carbocycles. The van der Waals surface area contributed by atoms with Gasteiger partial charge in [0.2, 0.25) is 0 Å². The molecule has 0 fully saturated rings. The van der Waals surface area contributed by atoms with Gasteiger partial charge in [-0.05, 0) is 48.6 Å². The van der Waals surface area contributed by atoms with Crippen LogP contribution in [0.2, 0.25) is 0 Å². The van der Waals surface area contributed by atoms with Crippen molar-refractivity contribution >= 4 is 22.7 Å². The number of ketones is 1. The minimum Gasteiger partial charge on any atom is -0.454 e. The van der Waals surface area contributed by atoms with Gasteiger partial charge in [0.1, 0.15) is 0 Å². The van der Waals surface area contributed by atoms with Crippen molar-refractivity contribution in [1.29, 1.82) is 0 Å². The standard InChI is InChI=1S/C23H25NO3/c1-14-15(2)24-20-11-8-17(12-19(14)20)22(26)27-13-21(25)16-6-9-18(10-7-16)23(3,4)5/h6-12,24H,13H2,1-5H3. The summed E-state index contributed by atoms with van der Waals surface area (Å²) in [5, 5.41) is 0.992. The molecule has 3 aromatic rings. The second-order valence-electron chi connectivity index (χ2n) is 7.96. The summed E-state index contributed by atoms with van der Waals surface area (Å²) in [5.74, 6) is -0.701. The number of hydrogen-bond acceptors (Lipinski definition) is 3. The van der Waals surface area contributed by atoms with Crippen molar-refractivity contribution in [2.75, 3.05) is 6.61 Å². The average Bonchev–Trinajstić information content (AvgIpc) is 2.92. The molecule has 0 bridgehead atoms. The molecule has 1 aromatic heterocycles. The van der Waals surface area contributed by atoms with Crippen LogP contribution in [0.3, 0.4) is 0 Å². The van der Waals surface area contributed by atoms with Crippen LogP contribution in [0.15, 0.2) is 42.5 Å². The summed E-state index contributed by atoms with van der Waals surface area (Å²) >= 11 is 0. The molecule has 0 atom stereocenters. The number of Topliss-reactive ketones (excluding diaryl/α,β-unsaturated/α-hetero) is 1. The van der Waals surface area contributed by atoms with E-state index in [4.69, 9.17) is 4.74 Å². The molecule has 4 nitrogen and oxygen atoms in total. The SMILES string of the molecule is Cc1[nH]c2ccc(C(=O)OCC(=O)c3ccc(C(C)(C)C)cc3)cc2c1C. The van der Waals surface area contributed by atoms with Crippen molar-refractivity contribution < 1.29 is 14.3 Å². The highest BCUT2D eigenvalue weighted by Crippen LogP contribution is 2.23. The van der Waals surface area contributed by atoms with Gasteiger partial charge in [-0.25, -0.2) is 4.79 Å². The number of carbonyl (C=O) groups is 2. The fourth-order valence-corrected chi connectivity index (χ4v) is 3.04. The number of aryl methyl sites for hydroxylation is 2. The topological polar surface area (TPSA) is 59.2 Å². The maximum atomic E-state index is 12.3. The first-order chi connectivity index (χ1) is 12.7. The first-order valence-electron chi connectivity index (χ1n) is 9.06. The highest BCUT2D eigenvalue weighted by atomic mass is 16.5. The Bertz CT molecular complexity index is 1000. The summed E-state index contributed by atoms with van der Waals surface area (Å²) < 4.78 is 5.24. The van der Waals surface area contributed by atoms with Gasteiger partial charge in [0.05, 0.1) is 5.56 Å². The number of aromatic amines is 1. The Morgan fingerprint density at radius 3 is 2.22 bits per heavy atom. The van der Waals surface area contributed by atoms with Gasteiger partial charge in [0.15, 0.2) is 12.4 Å². The number of aromatic nitrogens is 1. The molecule has 0 aliphatic heterocycles. The number of carbonyl (C=O) groups excluding carboxylic acids is 2. The second kappa shape index (κ2) is 7.03. The van der Waals surface area contributed by atoms with E-state index < -0.39 is 5.97 Å². The molecule has 3 rings (SSSR count). The number of ether oxygens (including phenoxy) is 1. The van der Waals surface area contributed by atoms with E-state index in [0.29, 0.717) is 11.1 Å². The number of nitrogens with one attached hydrogen (secondary N) is 1. The van der Waals surface area contributed by atoms with Crippen LogP contribution in [0.5, 0.6) is 0 Å². The lowest BCUT2D eigenvalue weighted by atomic mass is 9.86. The molecule has 0 amide bonds. The Balaban J connectivity index is 1.68. The minimum absolute atomic E-state index is 0.0292. The molecule has 0 spiro atoms. The van der Waals surface area contributed by atoms with E-state index in [1.165, 1.54) is 0 Å². The zero-order chi connectivity index (χ0) is 19.8. The minimum atomic E-state index is -0.491. The fraction of sp³-hybridized carbons (Fsp3) is 0.304. The molecule has 1 heterocycles. The summed E-state index contributed by atoms with van der Waals surface area (Å²) in [4.78, 5) is 27.9. The molecule has 140 valence electrons. The van der Waals surface area contributed by atoms with Crippen molar-refractivity contribution in [3.8, 4) is 0 Å². The fourth-order valence-electron chi connectivity index (χ4n) is 3.04. The third-order valence-corrected chi connectivity index (χ3v) is 4.95. The van der Waals surface area contributed by atoms with Crippen molar-refractivity contribution in [3.63, 3.8) is 0 Å². The Labute approximate surface area is 159 Å². The van der Waals surface area contributed by atoms with Crippen LogP contribution in [-0.2, 0) is 10.2 Å². The predicted molar refractivity (Wildman–Crippen MR) is 108 cm³/mol. The lowest BCUT2D eigenvalue weighted by Crippen LogP contribution is -2.15. The number of benzene rings is 2. The highest BCUT2D eigenvalue weighted by Gasteiger charge is 2.16. The maximum absolute atomic E-state index is 12.3. The van der Waals surface area contributed by atoms with Gasteiger partial charge >= 0.3 is 5.97 Å². The zero-order valence-electron chi connectivity index (χ0n) is 16.5. The lowest BCUT2D eigenvalue weighted by molar-refractivity contribution is 0.0475. The summed E-state index contributed by atoms with van der Waals surface area (Å²) in [7, 11) is 0. The quantitative estimate of drug-likeness (QED) is 0.517. The third kappa shape index (κ3) is 3.95. The molecule has 0 unspecified atom stereocenters. The van der Waals surface area contributed by atoms with Gasteiger partial charge in [-0.3, -0.25) is 4.79 Å². The Hall–Kier alpha value is -2.88. The van der Waals surface area contributed by atoms with Gasteiger partial charge < -0.3 is 9.72 Å². The van der Waals surface area contributed by atoms with Crippen molar-refractivity contribution in [2.45, 2.75) is 40.0 Å². The summed E-state index contributed by atoms with van der Waals surface area (Å²) in [6.45, 7) is 10.1. The third-order valence-electron chi connectivity index (χ3n) is 4.95. The van der Waals surface area contributed by atoms with Gasteiger partial charge in [-0.15, -0.1) is 0 Å².